The van der Waals surface area contributed by atoms with Gasteiger partial charge in [-0.1, -0.05) is 70.4 Å². The molecule has 0 spiro atoms. The summed E-state index contributed by atoms with van der Waals surface area (Å²) in [5.74, 6) is 0. The fourth-order valence-electron chi connectivity index (χ4n) is 1.61. The molecule has 26 heavy (non-hydrogen) atoms. The van der Waals surface area contributed by atoms with Crippen LogP contribution in [0.25, 0.3) is 11.0 Å². The molecule has 2 aromatic carbocycles. The third-order valence-electron chi connectivity index (χ3n) is 2.73. The van der Waals surface area contributed by atoms with Gasteiger partial charge in [-0.25, -0.2) is 4.63 Å². The van der Waals surface area contributed by atoms with Crippen molar-refractivity contribution in [1.82, 2.24) is 10.3 Å². The van der Waals surface area contributed by atoms with E-state index in [0.29, 0.717) is 0 Å². The minimum absolute atomic E-state index is 0.144. The maximum Gasteiger partial charge on any atom is 0.269 e. The van der Waals surface area contributed by atoms with Gasteiger partial charge < -0.3 is 0 Å². The van der Waals surface area contributed by atoms with Crippen LogP contribution in [-0.2, 0) is 0 Å². The zero-order chi connectivity index (χ0) is 19.9. The Morgan fingerprint density at radius 2 is 1.46 bits per heavy atom. The van der Waals surface area contributed by atoms with Gasteiger partial charge in [0, 0.05) is 12.1 Å². The highest BCUT2D eigenvalue weighted by Crippen LogP contribution is 2.12. The topological polar surface area (TPSA) is 82.1 Å². The van der Waals surface area contributed by atoms with E-state index >= 15 is 0 Å². The second kappa shape index (κ2) is 13.5. The molecule has 142 valence electrons. The summed E-state index contributed by atoms with van der Waals surface area (Å²) in [7, 11) is 0. The molecule has 3 rings (SSSR count). The third-order valence-corrected chi connectivity index (χ3v) is 2.73. The van der Waals surface area contributed by atoms with Crippen LogP contribution in [0.4, 0.5) is 5.69 Å². The molecule has 1 heterocycles. The van der Waals surface area contributed by atoms with Gasteiger partial charge in [0.15, 0.2) is 0 Å². The zero-order valence-electron chi connectivity index (χ0n) is 16.5. The highest BCUT2D eigenvalue weighted by atomic mass is 16.6. The maximum atomic E-state index is 10.1. The van der Waals surface area contributed by atoms with Gasteiger partial charge in [-0.05, 0) is 35.8 Å². The molecule has 0 aliphatic rings. The number of nitro benzene ring substituents is 1. The Bertz CT molecular complexity index is 750. The van der Waals surface area contributed by atoms with E-state index in [4.69, 9.17) is 0 Å². The molecule has 0 saturated heterocycles. The average Bonchev–Trinajstić information content (AvgIpc) is 3.07. The van der Waals surface area contributed by atoms with E-state index in [9.17, 15) is 10.1 Å². The average molecular weight is 359 g/mol. The molecule has 6 heteroatoms. The summed E-state index contributed by atoms with van der Waals surface area (Å²) in [5.41, 5.74) is 3.94. The lowest BCUT2D eigenvalue weighted by molar-refractivity contribution is -0.384. The highest BCUT2D eigenvalue weighted by Gasteiger charge is 2.01. The Kier molecular flexibility index (Phi) is 12.1. The Morgan fingerprint density at radius 1 is 0.923 bits per heavy atom. The van der Waals surface area contributed by atoms with E-state index in [2.05, 4.69) is 42.6 Å². The van der Waals surface area contributed by atoms with Crippen LogP contribution in [0.15, 0.2) is 47.1 Å². The zero-order valence-corrected chi connectivity index (χ0v) is 16.5. The van der Waals surface area contributed by atoms with Crippen molar-refractivity contribution in [2.45, 2.75) is 54.4 Å². The van der Waals surface area contributed by atoms with E-state index in [1.165, 1.54) is 25.0 Å². The number of aryl methyl sites for hydroxylation is 2. The van der Waals surface area contributed by atoms with E-state index in [1.54, 1.807) is 12.1 Å². The van der Waals surface area contributed by atoms with Crippen molar-refractivity contribution in [2.24, 2.45) is 0 Å². The number of benzene rings is 2. The van der Waals surface area contributed by atoms with Gasteiger partial charge >= 0.3 is 0 Å². The largest absolute Gasteiger partial charge is 0.269 e. The van der Waals surface area contributed by atoms with Crippen LogP contribution in [0.5, 0.6) is 0 Å². The highest BCUT2D eigenvalue weighted by molar-refractivity contribution is 5.76. The summed E-state index contributed by atoms with van der Waals surface area (Å²) in [6, 6.07) is 12.2. The van der Waals surface area contributed by atoms with Crippen LogP contribution < -0.4 is 0 Å². The molecule has 0 N–H and O–H groups in total. The quantitative estimate of drug-likeness (QED) is 0.378. The lowest BCUT2D eigenvalue weighted by Gasteiger charge is -1.90. The SMILES string of the molecule is CCC.CCC.Cc1ccc([N+](=O)[O-])cc1.Cc1cccc2nonc12. The lowest BCUT2D eigenvalue weighted by Crippen LogP contribution is -1.86. The normalized spacial score (nSPS) is 9.00. The van der Waals surface area contributed by atoms with E-state index in [-0.39, 0.29) is 5.69 Å². The molecule has 0 fully saturated rings. The van der Waals surface area contributed by atoms with Crippen molar-refractivity contribution in [1.29, 1.82) is 0 Å². The van der Waals surface area contributed by atoms with Crippen LogP contribution in [0.1, 0.15) is 51.7 Å². The summed E-state index contributed by atoms with van der Waals surface area (Å²) in [4.78, 5) is 9.71. The van der Waals surface area contributed by atoms with Crippen molar-refractivity contribution >= 4 is 16.7 Å². The van der Waals surface area contributed by atoms with Crippen molar-refractivity contribution < 1.29 is 9.55 Å². The Labute approximate surface area is 155 Å². The number of aromatic nitrogens is 2. The summed E-state index contributed by atoms with van der Waals surface area (Å²) < 4.78 is 4.55. The lowest BCUT2D eigenvalue weighted by atomic mass is 10.2. The van der Waals surface area contributed by atoms with Gasteiger partial charge in [0.25, 0.3) is 5.69 Å². The molecule has 0 unspecified atom stereocenters. The van der Waals surface area contributed by atoms with E-state index in [0.717, 1.165) is 22.2 Å². The van der Waals surface area contributed by atoms with Gasteiger partial charge in [0.05, 0.1) is 4.92 Å². The fourth-order valence-corrected chi connectivity index (χ4v) is 1.61. The molecule has 0 amide bonds. The van der Waals surface area contributed by atoms with Crippen molar-refractivity contribution in [2.75, 3.05) is 0 Å². The number of rotatable bonds is 1. The minimum Gasteiger partial charge on any atom is -0.258 e. The first kappa shape index (κ1) is 23.2. The Balaban J connectivity index is 0.000000372. The molecule has 1 aromatic heterocycles. The molecule has 0 aliphatic carbocycles. The van der Waals surface area contributed by atoms with Crippen LogP contribution in [0, 0.1) is 24.0 Å². The van der Waals surface area contributed by atoms with Gasteiger partial charge in [0.1, 0.15) is 11.0 Å². The monoisotopic (exact) mass is 359 g/mol. The predicted octanol–water partition coefficient (Wildman–Crippen LogP) is 6.27. The van der Waals surface area contributed by atoms with E-state index in [1.807, 2.05) is 32.0 Å². The third kappa shape index (κ3) is 8.92. The molecule has 0 atom stereocenters. The number of nitro groups is 1. The molecular weight excluding hydrogens is 330 g/mol. The number of fused-ring (bicyclic) bond motifs is 1. The summed E-state index contributed by atoms with van der Waals surface area (Å²) in [6.45, 7) is 12.4. The molecule has 0 bridgehead atoms. The second-order valence-electron chi connectivity index (χ2n) is 5.71. The fraction of sp³-hybridized carbons (Fsp3) is 0.400. The Morgan fingerprint density at radius 3 is 1.92 bits per heavy atom. The first-order chi connectivity index (χ1) is 12.4. The molecule has 0 aliphatic heterocycles. The van der Waals surface area contributed by atoms with Crippen LogP contribution in [-0.4, -0.2) is 15.2 Å². The standard InChI is InChI=1S/C7H6N2O.C7H7NO2.2C3H8/c1-5-3-2-4-6-7(5)9-10-8-6;1-6-2-4-7(5-3-6)8(9)10;2*1-3-2/h2-4H,1H3;2-5H,1H3;2*3H2,1-2H3. The number of hydrogen-bond acceptors (Lipinski definition) is 5. The summed E-state index contributed by atoms with van der Waals surface area (Å²) in [5, 5.41) is 17.5. The Hall–Kier alpha value is -2.76. The second-order valence-corrected chi connectivity index (χ2v) is 5.71. The molecule has 3 aromatic rings. The molecule has 0 radical (unpaired) electrons. The minimum atomic E-state index is -0.403. The van der Waals surface area contributed by atoms with Crippen molar-refractivity contribution in [3.63, 3.8) is 0 Å². The number of nitrogens with zero attached hydrogens (tertiary/aromatic N) is 3. The number of hydrogen-bond donors (Lipinski definition) is 0. The van der Waals surface area contributed by atoms with Gasteiger partial charge in [-0.15, -0.1) is 0 Å². The first-order valence-corrected chi connectivity index (χ1v) is 8.79. The molecular formula is C20H29N3O3. The summed E-state index contributed by atoms with van der Waals surface area (Å²) in [6.07, 6.45) is 2.50. The van der Waals surface area contributed by atoms with E-state index < -0.39 is 4.92 Å². The van der Waals surface area contributed by atoms with Gasteiger partial charge in [0.2, 0.25) is 0 Å². The van der Waals surface area contributed by atoms with Gasteiger partial charge in [-0.3, -0.25) is 10.1 Å². The van der Waals surface area contributed by atoms with Crippen LogP contribution in [0.3, 0.4) is 0 Å². The first-order valence-electron chi connectivity index (χ1n) is 8.79. The smallest absolute Gasteiger partial charge is 0.258 e. The van der Waals surface area contributed by atoms with Crippen LogP contribution >= 0.6 is 0 Å². The maximum absolute atomic E-state index is 10.1. The van der Waals surface area contributed by atoms with Crippen LogP contribution in [0.2, 0.25) is 0 Å². The molecule has 6 nitrogen and oxygen atoms in total. The van der Waals surface area contributed by atoms with Gasteiger partial charge in [-0.2, -0.15) is 0 Å². The summed E-state index contributed by atoms with van der Waals surface area (Å²) >= 11 is 0. The molecule has 0 saturated carbocycles. The van der Waals surface area contributed by atoms with Crippen molar-refractivity contribution in [3.05, 3.63) is 63.7 Å². The predicted molar refractivity (Wildman–Crippen MR) is 106 cm³/mol. The van der Waals surface area contributed by atoms with Crippen molar-refractivity contribution in [3.8, 4) is 0 Å². The number of non-ortho nitro benzene ring substituents is 1.